The van der Waals surface area contributed by atoms with Crippen molar-refractivity contribution in [2.45, 2.75) is 7.43 Å². The highest BCUT2D eigenvalue weighted by atomic mass is 32.2. The number of nitrogens with two attached hydrogens (primary N) is 1. The number of rotatable bonds is 0. The van der Waals surface area contributed by atoms with Gasteiger partial charge in [0.1, 0.15) is 0 Å². The Balaban J connectivity index is 0. The van der Waals surface area contributed by atoms with Crippen LogP contribution in [0, 0.1) is 0 Å². The maximum absolute atomic E-state index is 8.81. The molecule has 1 aromatic carbocycles. The van der Waals surface area contributed by atoms with Gasteiger partial charge >= 0.3 is 0 Å². The molecule has 4 heteroatoms. The Bertz CT molecular complexity index is 186. The molecular formula is C7H13NO2S. The first-order valence-electron chi connectivity index (χ1n) is 2.62. The molecule has 0 saturated heterocycles. The molecule has 3 nitrogen and oxygen atoms in total. The first-order chi connectivity index (χ1) is 4.73. The van der Waals surface area contributed by atoms with Crippen LogP contribution in [0.5, 0.6) is 0 Å². The average molecular weight is 175 g/mol. The second kappa shape index (κ2) is 9.13. The number of hydrogen-bond donors (Lipinski definition) is 2. The largest absolute Gasteiger partial charge is 0.231 e. The highest BCUT2D eigenvalue weighted by Crippen LogP contribution is 1.79. The highest BCUT2D eigenvalue weighted by molar-refractivity contribution is 7.69. The Morgan fingerprint density at radius 1 is 0.818 bits per heavy atom. The Kier molecular flexibility index (Phi) is 10.6. The third-order valence-electron chi connectivity index (χ3n) is 0.667. The molecule has 0 bridgehead atoms. The summed E-state index contributed by atoms with van der Waals surface area (Å²) in [5.41, 5.74) is 0. The van der Waals surface area contributed by atoms with Crippen LogP contribution in [0.1, 0.15) is 7.43 Å². The first-order valence-corrected chi connectivity index (χ1v) is 3.87. The number of thiol groups is 1. The second-order valence-electron chi connectivity index (χ2n) is 1.44. The van der Waals surface area contributed by atoms with Crippen LogP contribution in [0.25, 0.3) is 0 Å². The van der Waals surface area contributed by atoms with Gasteiger partial charge in [-0.1, -0.05) is 43.8 Å². The van der Waals surface area contributed by atoms with Gasteiger partial charge in [0.05, 0.1) is 0 Å². The van der Waals surface area contributed by atoms with Crippen molar-refractivity contribution in [1.29, 1.82) is 0 Å². The summed E-state index contributed by atoms with van der Waals surface area (Å²) in [5, 5.41) is 4.06. The third kappa shape index (κ3) is 17.6. The van der Waals surface area contributed by atoms with Gasteiger partial charge < -0.3 is 0 Å². The van der Waals surface area contributed by atoms with Gasteiger partial charge in [0.2, 0.25) is 0 Å². The Hall–Kier alpha value is -0.870. The van der Waals surface area contributed by atoms with E-state index in [0.29, 0.717) is 0 Å². The molecule has 0 heterocycles. The minimum Gasteiger partial charge on any atom is -0.231 e. The van der Waals surface area contributed by atoms with Crippen LogP contribution in [-0.2, 0) is 10.9 Å². The molecule has 0 saturated carbocycles. The molecule has 0 aliphatic rings. The van der Waals surface area contributed by atoms with Gasteiger partial charge in [0.25, 0.3) is 0 Å². The Labute approximate surface area is 68.9 Å². The summed E-state index contributed by atoms with van der Waals surface area (Å²) in [6, 6.07) is 12.0. The maximum Gasteiger partial charge on any atom is 0.198 e. The fraction of sp³-hybridized carbons (Fsp3) is 0.143. The molecule has 0 fully saturated rings. The molecule has 0 aliphatic heterocycles. The summed E-state index contributed by atoms with van der Waals surface area (Å²) in [7, 11) is -2.62. The quantitative estimate of drug-likeness (QED) is 0.573. The minimum atomic E-state index is -2.62. The van der Waals surface area contributed by atoms with Crippen LogP contribution in [-0.4, -0.2) is 8.42 Å². The van der Waals surface area contributed by atoms with E-state index in [2.05, 4.69) is 5.14 Å². The zero-order valence-corrected chi connectivity index (χ0v) is 6.20. The van der Waals surface area contributed by atoms with Crippen molar-refractivity contribution in [2.75, 3.05) is 0 Å². The van der Waals surface area contributed by atoms with E-state index in [-0.39, 0.29) is 7.43 Å². The van der Waals surface area contributed by atoms with E-state index in [0.717, 1.165) is 0 Å². The summed E-state index contributed by atoms with van der Waals surface area (Å²) in [4.78, 5) is 0. The van der Waals surface area contributed by atoms with E-state index in [9.17, 15) is 0 Å². The lowest BCUT2D eigenvalue weighted by Gasteiger charge is -1.69. The molecule has 0 atom stereocenters. The van der Waals surface area contributed by atoms with E-state index in [1.165, 1.54) is 0 Å². The molecule has 1 aromatic rings. The van der Waals surface area contributed by atoms with Crippen molar-refractivity contribution in [3.05, 3.63) is 36.4 Å². The van der Waals surface area contributed by atoms with Crippen LogP contribution < -0.4 is 5.14 Å². The summed E-state index contributed by atoms with van der Waals surface area (Å²) in [6.45, 7) is 0. The first kappa shape index (κ1) is 12.8. The van der Waals surface area contributed by atoms with Gasteiger partial charge in [-0.05, 0) is 0 Å². The van der Waals surface area contributed by atoms with Crippen LogP contribution >= 0.6 is 0 Å². The molecule has 0 aromatic heterocycles. The summed E-state index contributed by atoms with van der Waals surface area (Å²) >= 11 is 0. The van der Waals surface area contributed by atoms with Crippen molar-refractivity contribution in [1.82, 2.24) is 0 Å². The van der Waals surface area contributed by atoms with E-state index < -0.39 is 10.9 Å². The van der Waals surface area contributed by atoms with E-state index in [1.807, 2.05) is 36.4 Å². The smallest absolute Gasteiger partial charge is 0.198 e. The lowest BCUT2D eigenvalue weighted by Crippen LogP contribution is -1.85. The zero-order chi connectivity index (χ0) is 7.82. The topological polar surface area (TPSA) is 60.2 Å². The van der Waals surface area contributed by atoms with Gasteiger partial charge in [-0.15, -0.1) is 0 Å². The summed E-state index contributed by atoms with van der Waals surface area (Å²) in [6.07, 6.45) is 0. The third-order valence-corrected chi connectivity index (χ3v) is 0.667. The number of benzene rings is 1. The Morgan fingerprint density at radius 2 is 0.909 bits per heavy atom. The Morgan fingerprint density at radius 3 is 1.00 bits per heavy atom. The van der Waals surface area contributed by atoms with E-state index in [4.69, 9.17) is 8.42 Å². The molecule has 0 radical (unpaired) electrons. The zero-order valence-electron chi connectivity index (χ0n) is 5.31. The monoisotopic (exact) mass is 175 g/mol. The van der Waals surface area contributed by atoms with Crippen molar-refractivity contribution >= 4 is 10.9 Å². The van der Waals surface area contributed by atoms with Crippen molar-refractivity contribution in [3.63, 3.8) is 0 Å². The highest BCUT2D eigenvalue weighted by Gasteiger charge is 1.57. The lowest BCUT2D eigenvalue weighted by atomic mass is 10.4. The van der Waals surface area contributed by atoms with Gasteiger partial charge in [0, 0.05) is 0 Å². The van der Waals surface area contributed by atoms with Gasteiger partial charge in [-0.3, -0.25) is 0 Å². The molecule has 0 amide bonds. The van der Waals surface area contributed by atoms with Crippen LogP contribution in [0.2, 0.25) is 0 Å². The van der Waals surface area contributed by atoms with Gasteiger partial charge in [-0.2, -0.15) is 0 Å². The standard InChI is InChI=1S/C6H6.CH4.H3NO2S/c1-2-4-6-5-3-1;;1-4(2)3/h1-6H;1H4;4H,(H2,1,2,3). The van der Waals surface area contributed by atoms with Crippen LogP contribution in [0.15, 0.2) is 36.4 Å². The molecular weight excluding hydrogens is 162 g/mol. The molecule has 1 rings (SSSR count). The summed E-state index contributed by atoms with van der Waals surface area (Å²) < 4.78 is 17.6. The lowest BCUT2D eigenvalue weighted by molar-refractivity contribution is 0.616. The minimum absolute atomic E-state index is 0. The van der Waals surface area contributed by atoms with Crippen molar-refractivity contribution in [2.24, 2.45) is 5.14 Å². The van der Waals surface area contributed by atoms with E-state index >= 15 is 0 Å². The predicted octanol–water partition coefficient (Wildman–Crippen LogP) is 0.794. The molecule has 0 unspecified atom stereocenters. The van der Waals surface area contributed by atoms with Crippen LogP contribution in [0.3, 0.4) is 0 Å². The summed E-state index contributed by atoms with van der Waals surface area (Å²) in [5.74, 6) is 0. The van der Waals surface area contributed by atoms with Crippen LogP contribution in [0.4, 0.5) is 0 Å². The molecule has 64 valence electrons. The maximum atomic E-state index is 8.81. The van der Waals surface area contributed by atoms with Crippen molar-refractivity contribution in [3.8, 4) is 0 Å². The molecule has 11 heavy (non-hydrogen) atoms. The van der Waals surface area contributed by atoms with Gasteiger partial charge in [-0.25, -0.2) is 13.6 Å². The molecule has 0 aliphatic carbocycles. The molecule has 2 N–H and O–H groups in total. The second-order valence-corrected chi connectivity index (χ2v) is 2.01. The number of hydrogen-bond acceptors (Lipinski definition) is 2. The SMILES string of the molecule is C.N[SH](=O)=O.c1ccccc1. The van der Waals surface area contributed by atoms with E-state index in [1.54, 1.807) is 0 Å². The molecule has 0 spiro atoms. The fourth-order valence-corrected chi connectivity index (χ4v) is 0.385. The average Bonchev–Trinajstić information content (AvgIpc) is 1.90. The predicted molar refractivity (Wildman–Crippen MR) is 47.7 cm³/mol. The fourth-order valence-electron chi connectivity index (χ4n) is 0.385. The van der Waals surface area contributed by atoms with Gasteiger partial charge in [0.15, 0.2) is 10.9 Å². The normalized spacial score (nSPS) is 7.45. The van der Waals surface area contributed by atoms with Crippen molar-refractivity contribution < 1.29 is 8.42 Å².